The Morgan fingerprint density at radius 2 is 1.97 bits per heavy atom. The number of anilines is 1. The molecule has 2 aromatic rings. The van der Waals surface area contributed by atoms with E-state index in [9.17, 15) is 9.59 Å². The second kappa shape index (κ2) is 7.62. The van der Waals surface area contributed by atoms with E-state index in [1.54, 1.807) is 6.20 Å². The molecule has 6 nitrogen and oxygen atoms in total. The zero-order chi connectivity index (χ0) is 20.9. The van der Waals surface area contributed by atoms with Gasteiger partial charge in [-0.1, -0.05) is 17.7 Å². The van der Waals surface area contributed by atoms with Crippen LogP contribution in [0.1, 0.15) is 46.3 Å². The standard InChI is InChI=1S/C22H24ClN3O3S/c1-14-15(2-3-16-17(14)13-29-20(16)27)4-8-25-9-5-22(6-10-25)7-11-26(21(22)28)19-18(23)12-24-30-19/h2-3,12H,4-11,13H2,1H3. The zero-order valence-corrected chi connectivity index (χ0v) is 18.5. The minimum Gasteiger partial charge on any atom is -0.457 e. The lowest BCUT2D eigenvalue weighted by atomic mass is 9.77. The molecule has 4 heterocycles. The summed E-state index contributed by atoms with van der Waals surface area (Å²) in [6, 6.07) is 3.96. The van der Waals surface area contributed by atoms with Crippen molar-refractivity contribution in [1.29, 1.82) is 0 Å². The second-order valence-corrected chi connectivity index (χ2v) is 9.70. The average molecular weight is 446 g/mol. The van der Waals surface area contributed by atoms with Gasteiger partial charge < -0.3 is 14.5 Å². The number of piperidine rings is 1. The summed E-state index contributed by atoms with van der Waals surface area (Å²) in [4.78, 5) is 29.2. The van der Waals surface area contributed by atoms with Crippen molar-refractivity contribution in [2.24, 2.45) is 5.41 Å². The number of rotatable bonds is 4. The Bertz CT molecular complexity index is 1010. The average Bonchev–Trinajstić information content (AvgIpc) is 3.42. The van der Waals surface area contributed by atoms with E-state index in [1.165, 1.54) is 22.7 Å². The van der Waals surface area contributed by atoms with Crippen molar-refractivity contribution in [2.45, 2.75) is 39.2 Å². The van der Waals surface area contributed by atoms with Crippen molar-refractivity contribution >= 4 is 40.0 Å². The summed E-state index contributed by atoms with van der Waals surface area (Å²) in [7, 11) is 0. The number of hydrogen-bond acceptors (Lipinski definition) is 6. The number of benzene rings is 1. The Morgan fingerprint density at radius 1 is 1.20 bits per heavy atom. The molecule has 3 aliphatic rings. The van der Waals surface area contributed by atoms with Crippen LogP contribution in [0.3, 0.4) is 0 Å². The Kier molecular flexibility index (Phi) is 5.08. The highest BCUT2D eigenvalue weighted by atomic mass is 35.5. The monoisotopic (exact) mass is 445 g/mol. The maximum absolute atomic E-state index is 13.2. The van der Waals surface area contributed by atoms with E-state index in [0.29, 0.717) is 17.2 Å². The summed E-state index contributed by atoms with van der Waals surface area (Å²) in [5, 5.41) is 1.36. The van der Waals surface area contributed by atoms with Gasteiger partial charge in [0.1, 0.15) is 11.6 Å². The van der Waals surface area contributed by atoms with Crippen LogP contribution in [0.4, 0.5) is 5.00 Å². The molecule has 1 spiro atoms. The summed E-state index contributed by atoms with van der Waals surface area (Å²) < 4.78 is 9.28. The van der Waals surface area contributed by atoms with Crippen molar-refractivity contribution in [3.8, 4) is 0 Å². The fourth-order valence-electron chi connectivity index (χ4n) is 5.03. The molecular formula is C22H24ClN3O3S. The van der Waals surface area contributed by atoms with E-state index in [2.05, 4.69) is 22.3 Å². The Morgan fingerprint density at radius 3 is 2.70 bits per heavy atom. The molecule has 3 aliphatic heterocycles. The molecule has 1 amide bonds. The predicted molar refractivity (Wildman–Crippen MR) is 116 cm³/mol. The van der Waals surface area contributed by atoms with Crippen molar-refractivity contribution in [3.63, 3.8) is 0 Å². The number of fused-ring (bicyclic) bond motifs is 1. The van der Waals surface area contributed by atoms with E-state index in [-0.39, 0.29) is 17.3 Å². The van der Waals surface area contributed by atoms with Crippen LogP contribution in [0.2, 0.25) is 5.02 Å². The number of ether oxygens (including phenoxy) is 1. The van der Waals surface area contributed by atoms with Gasteiger partial charge in [-0.25, -0.2) is 4.79 Å². The number of cyclic esters (lactones) is 1. The van der Waals surface area contributed by atoms with Gasteiger partial charge in [0.15, 0.2) is 0 Å². The summed E-state index contributed by atoms with van der Waals surface area (Å²) >= 11 is 7.51. The van der Waals surface area contributed by atoms with Crippen LogP contribution < -0.4 is 4.90 Å². The zero-order valence-electron chi connectivity index (χ0n) is 16.9. The van der Waals surface area contributed by atoms with Gasteiger partial charge >= 0.3 is 5.97 Å². The molecule has 5 rings (SSSR count). The van der Waals surface area contributed by atoms with Crippen molar-refractivity contribution in [2.75, 3.05) is 31.1 Å². The molecule has 0 aliphatic carbocycles. The number of hydrogen-bond donors (Lipinski definition) is 0. The topological polar surface area (TPSA) is 62.7 Å². The highest BCUT2D eigenvalue weighted by Gasteiger charge is 2.49. The molecule has 8 heteroatoms. The minimum atomic E-state index is -0.245. The van der Waals surface area contributed by atoms with Crippen LogP contribution in [-0.4, -0.2) is 47.3 Å². The fraction of sp³-hybridized carbons (Fsp3) is 0.500. The first-order valence-electron chi connectivity index (χ1n) is 10.4. The predicted octanol–water partition coefficient (Wildman–Crippen LogP) is 3.84. The normalized spacial score (nSPS) is 20.8. The van der Waals surface area contributed by atoms with Gasteiger partial charge in [0.05, 0.1) is 22.2 Å². The highest BCUT2D eigenvalue weighted by molar-refractivity contribution is 7.11. The van der Waals surface area contributed by atoms with E-state index in [4.69, 9.17) is 16.3 Å². The fourth-order valence-corrected chi connectivity index (χ4v) is 6.01. The molecule has 158 valence electrons. The Hall–Kier alpha value is -1.96. The van der Waals surface area contributed by atoms with Crippen LogP contribution in [-0.2, 0) is 22.6 Å². The molecule has 0 atom stereocenters. The smallest absolute Gasteiger partial charge is 0.338 e. The third-order valence-corrected chi connectivity index (χ3v) is 8.27. The van der Waals surface area contributed by atoms with Gasteiger partial charge in [0.25, 0.3) is 0 Å². The lowest BCUT2D eigenvalue weighted by Gasteiger charge is -2.38. The van der Waals surface area contributed by atoms with Crippen molar-refractivity contribution in [3.05, 3.63) is 45.6 Å². The maximum Gasteiger partial charge on any atom is 0.338 e. The van der Waals surface area contributed by atoms with Crippen molar-refractivity contribution < 1.29 is 14.3 Å². The number of nitrogens with zero attached hydrogens (tertiary/aromatic N) is 3. The lowest BCUT2D eigenvalue weighted by molar-refractivity contribution is -0.127. The first kappa shape index (κ1) is 20.0. The molecule has 1 aromatic heterocycles. The summed E-state index contributed by atoms with van der Waals surface area (Å²) in [5.41, 5.74) is 3.95. The molecule has 2 saturated heterocycles. The maximum atomic E-state index is 13.2. The Labute approximate surface area is 184 Å². The first-order chi connectivity index (χ1) is 14.5. The number of amides is 1. The third-order valence-electron chi connectivity index (χ3n) is 7.06. The molecular weight excluding hydrogens is 422 g/mol. The quantitative estimate of drug-likeness (QED) is 0.669. The summed E-state index contributed by atoms with van der Waals surface area (Å²) in [6.07, 6.45) is 5.24. The number of carbonyl (C=O) groups is 2. The Balaban J connectivity index is 1.20. The van der Waals surface area contributed by atoms with E-state index in [0.717, 1.165) is 62.4 Å². The van der Waals surface area contributed by atoms with Gasteiger partial charge in [-0.3, -0.25) is 4.79 Å². The first-order valence-corrected chi connectivity index (χ1v) is 11.6. The molecule has 0 saturated carbocycles. The van der Waals surface area contributed by atoms with E-state index in [1.807, 2.05) is 11.0 Å². The minimum absolute atomic E-state index is 0.212. The SMILES string of the molecule is Cc1c(CCN2CCC3(CC2)CCN(c2sncc2Cl)C3=O)ccc2c1COC2=O. The van der Waals surface area contributed by atoms with Gasteiger partial charge in [-0.2, -0.15) is 4.37 Å². The molecule has 0 radical (unpaired) electrons. The molecule has 0 N–H and O–H groups in total. The molecule has 2 fully saturated rings. The number of halogens is 1. The van der Waals surface area contributed by atoms with Crippen LogP contribution in [0.25, 0.3) is 0 Å². The number of esters is 1. The number of carbonyl (C=O) groups excluding carboxylic acids is 2. The van der Waals surface area contributed by atoms with Gasteiger partial charge in [0.2, 0.25) is 5.91 Å². The van der Waals surface area contributed by atoms with Crippen LogP contribution in [0, 0.1) is 12.3 Å². The van der Waals surface area contributed by atoms with Crippen LogP contribution >= 0.6 is 23.1 Å². The number of aromatic nitrogens is 1. The molecule has 30 heavy (non-hydrogen) atoms. The van der Waals surface area contributed by atoms with Gasteiger partial charge in [-0.05, 0) is 74.4 Å². The second-order valence-electron chi connectivity index (χ2n) is 8.51. The largest absolute Gasteiger partial charge is 0.457 e. The van der Waals surface area contributed by atoms with Crippen LogP contribution in [0.15, 0.2) is 18.3 Å². The molecule has 0 unspecified atom stereocenters. The van der Waals surface area contributed by atoms with Gasteiger partial charge in [0, 0.05) is 18.7 Å². The van der Waals surface area contributed by atoms with Crippen molar-refractivity contribution in [1.82, 2.24) is 9.27 Å². The lowest BCUT2D eigenvalue weighted by Crippen LogP contribution is -2.45. The summed E-state index contributed by atoms with van der Waals surface area (Å²) in [6.45, 7) is 6.03. The molecule has 0 bridgehead atoms. The third kappa shape index (κ3) is 3.24. The summed E-state index contributed by atoms with van der Waals surface area (Å²) in [5.74, 6) is 0.00306. The highest BCUT2D eigenvalue weighted by Crippen LogP contribution is 2.45. The molecule has 1 aromatic carbocycles. The van der Waals surface area contributed by atoms with E-state index < -0.39 is 0 Å². The van der Waals surface area contributed by atoms with E-state index >= 15 is 0 Å². The van der Waals surface area contributed by atoms with Gasteiger partial charge in [-0.15, -0.1) is 0 Å². The van der Waals surface area contributed by atoms with Crippen LogP contribution in [0.5, 0.6) is 0 Å². The number of likely N-dealkylation sites (tertiary alicyclic amines) is 1.